The Morgan fingerprint density at radius 2 is 1.94 bits per heavy atom. The molecule has 0 saturated heterocycles. The number of ether oxygens (including phenoxy) is 1. The van der Waals surface area contributed by atoms with Gasteiger partial charge in [-0.3, -0.25) is 9.69 Å². The molecule has 1 aromatic heterocycles. The molecule has 2 heterocycles. The number of carbonyl (C=O) groups excluding carboxylic acids is 1. The molecular formula is C28H31F2N3O3. The van der Waals surface area contributed by atoms with E-state index in [1.165, 1.54) is 24.4 Å². The quantitative estimate of drug-likeness (QED) is 0.527. The maximum absolute atomic E-state index is 14.5. The molecule has 1 aliphatic rings. The number of nitrogens with zero attached hydrogens (tertiary/aromatic N) is 3. The van der Waals surface area contributed by atoms with Crippen LogP contribution in [0.4, 0.5) is 8.78 Å². The van der Waals surface area contributed by atoms with E-state index in [1.54, 1.807) is 42.2 Å². The maximum atomic E-state index is 14.5. The second-order valence-corrected chi connectivity index (χ2v) is 9.51. The molecule has 190 valence electrons. The molecular weight excluding hydrogens is 464 g/mol. The van der Waals surface area contributed by atoms with Gasteiger partial charge in [0.05, 0.1) is 12.6 Å². The van der Waals surface area contributed by atoms with E-state index >= 15 is 0 Å². The van der Waals surface area contributed by atoms with Crippen LogP contribution in [0.1, 0.15) is 29.8 Å². The van der Waals surface area contributed by atoms with E-state index in [0.717, 1.165) is 5.56 Å². The summed E-state index contributed by atoms with van der Waals surface area (Å²) in [4.78, 5) is 21.6. The second-order valence-electron chi connectivity index (χ2n) is 9.51. The highest BCUT2D eigenvalue weighted by atomic mass is 19.1. The van der Waals surface area contributed by atoms with Gasteiger partial charge in [0.2, 0.25) is 5.88 Å². The Bertz CT molecular complexity index is 1220. The Balaban J connectivity index is 1.66. The SMILES string of the molecule is C[C@H](CO)N1C[C@H](C)[C@H](CN(C)Cc2cccc(F)c2)Oc2ncc(-c3ccccc3F)cc2C1=O. The van der Waals surface area contributed by atoms with Gasteiger partial charge in [-0.2, -0.15) is 0 Å². The van der Waals surface area contributed by atoms with Crippen LogP contribution >= 0.6 is 0 Å². The van der Waals surface area contributed by atoms with Crippen LogP contribution in [0.25, 0.3) is 11.1 Å². The first-order valence-electron chi connectivity index (χ1n) is 12.0. The summed E-state index contributed by atoms with van der Waals surface area (Å²) >= 11 is 0. The molecule has 6 nitrogen and oxygen atoms in total. The van der Waals surface area contributed by atoms with Crippen molar-refractivity contribution < 1.29 is 23.4 Å². The summed E-state index contributed by atoms with van der Waals surface area (Å²) in [5.74, 6) is -0.933. The maximum Gasteiger partial charge on any atom is 0.259 e. The predicted molar refractivity (Wildman–Crippen MR) is 134 cm³/mol. The number of benzene rings is 2. The standard InChI is InChI=1S/C28H31F2N3O3/c1-18-14-33(19(2)17-34)28(35)24-12-21(23-9-4-5-10-25(23)30)13-31-27(24)36-26(18)16-32(3)15-20-7-6-8-22(29)11-20/h4-13,18-19,26,34H,14-17H2,1-3H3/t18-,19+,26-/m0/s1. The van der Waals surface area contributed by atoms with Crippen molar-refractivity contribution in [3.8, 4) is 17.0 Å². The lowest BCUT2D eigenvalue weighted by molar-refractivity contribution is 0.0325. The fourth-order valence-corrected chi connectivity index (χ4v) is 4.48. The summed E-state index contributed by atoms with van der Waals surface area (Å²) in [5.41, 5.74) is 1.87. The number of aromatic nitrogens is 1. The zero-order chi connectivity index (χ0) is 25.8. The molecule has 0 bridgehead atoms. The van der Waals surface area contributed by atoms with Crippen LogP contribution in [-0.2, 0) is 6.54 Å². The lowest BCUT2D eigenvalue weighted by atomic mass is 9.99. The monoisotopic (exact) mass is 495 g/mol. The Morgan fingerprint density at radius 3 is 2.67 bits per heavy atom. The highest BCUT2D eigenvalue weighted by Gasteiger charge is 2.34. The third-order valence-corrected chi connectivity index (χ3v) is 6.54. The highest BCUT2D eigenvalue weighted by molar-refractivity contribution is 5.98. The van der Waals surface area contributed by atoms with Gasteiger partial charge in [0.15, 0.2) is 0 Å². The van der Waals surface area contributed by atoms with Crippen LogP contribution in [0, 0.1) is 17.6 Å². The van der Waals surface area contributed by atoms with Crippen molar-refractivity contribution in [1.29, 1.82) is 0 Å². The van der Waals surface area contributed by atoms with E-state index in [2.05, 4.69) is 4.98 Å². The van der Waals surface area contributed by atoms with E-state index in [4.69, 9.17) is 4.74 Å². The third-order valence-electron chi connectivity index (χ3n) is 6.54. The predicted octanol–water partition coefficient (Wildman–Crippen LogP) is 4.38. The highest BCUT2D eigenvalue weighted by Crippen LogP contribution is 2.31. The van der Waals surface area contributed by atoms with Gasteiger partial charge in [-0.25, -0.2) is 13.8 Å². The van der Waals surface area contributed by atoms with Crippen LogP contribution in [-0.4, -0.2) is 64.7 Å². The molecule has 0 radical (unpaired) electrons. The number of likely N-dealkylation sites (N-methyl/N-ethyl adjacent to an activating group) is 1. The number of rotatable bonds is 7. The first-order valence-corrected chi connectivity index (χ1v) is 12.0. The number of aliphatic hydroxyl groups is 1. The fraction of sp³-hybridized carbons (Fsp3) is 0.357. The van der Waals surface area contributed by atoms with Gasteiger partial charge in [-0.15, -0.1) is 0 Å². The topological polar surface area (TPSA) is 65.9 Å². The second kappa shape index (κ2) is 11.1. The molecule has 8 heteroatoms. The van der Waals surface area contributed by atoms with Gasteiger partial charge in [-0.1, -0.05) is 37.3 Å². The molecule has 0 fully saturated rings. The number of hydrogen-bond donors (Lipinski definition) is 1. The minimum Gasteiger partial charge on any atom is -0.472 e. The number of amides is 1. The summed E-state index contributed by atoms with van der Waals surface area (Å²) in [7, 11) is 1.93. The molecule has 3 atom stereocenters. The molecule has 4 rings (SSSR count). The summed E-state index contributed by atoms with van der Waals surface area (Å²) < 4.78 is 34.4. The van der Waals surface area contributed by atoms with Crippen LogP contribution in [0.2, 0.25) is 0 Å². The largest absolute Gasteiger partial charge is 0.472 e. The molecule has 36 heavy (non-hydrogen) atoms. The van der Waals surface area contributed by atoms with Crippen molar-refractivity contribution in [2.75, 3.05) is 26.7 Å². The van der Waals surface area contributed by atoms with Crippen molar-refractivity contribution >= 4 is 5.91 Å². The van der Waals surface area contributed by atoms with Crippen molar-refractivity contribution in [2.24, 2.45) is 5.92 Å². The first kappa shape index (κ1) is 25.7. The minimum absolute atomic E-state index is 0.0842. The zero-order valence-corrected chi connectivity index (χ0v) is 20.7. The molecule has 1 aliphatic heterocycles. The number of aliphatic hydroxyl groups excluding tert-OH is 1. The van der Waals surface area contributed by atoms with Crippen LogP contribution in [0.5, 0.6) is 5.88 Å². The Kier molecular flexibility index (Phi) is 7.96. The Morgan fingerprint density at radius 1 is 1.17 bits per heavy atom. The fourth-order valence-electron chi connectivity index (χ4n) is 4.48. The zero-order valence-electron chi connectivity index (χ0n) is 20.7. The molecule has 0 aliphatic carbocycles. The first-order chi connectivity index (χ1) is 17.3. The number of hydrogen-bond acceptors (Lipinski definition) is 5. The molecule has 1 amide bonds. The van der Waals surface area contributed by atoms with Gasteiger partial charge in [0.1, 0.15) is 23.3 Å². The van der Waals surface area contributed by atoms with E-state index in [0.29, 0.717) is 30.8 Å². The van der Waals surface area contributed by atoms with E-state index in [-0.39, 0.29) is 41.8 Å². The smallest absolute Gasteiger partial charge is 0.259 e. The van der Waals surface area contributed by atoms with Gasteiger partial charge in [0, 0.05) is 42.9 Å². The van der Waals surface area contributed by atoms with Crippen LogP contribution in [0.3, 0.4) is 0 Å². The molecule has 0 spiro atoms. The molecule has 0 saturated carbocycles. The van der Waals surface area contributed by atoms with Crippen molar-refractivity contribution in [3.63, 3.8) is 0 Å². The lowest BCUT2D eigenvalue weighted by Gasteiger charge is -2.37. The van der Waals surface area contributed by atoms with Crippen LogP contribution in [0.15, 0.2) is 60.8 Å². The summed E-state index contributed by atoms with van der Waals surface area (Å²) in [6.45, 7) is 4.97. The Hall–Kier alpha value is -3.36. The number of fused-ring (bicyclic) bond motifs is 1. The molecule has 1 N–H and O–H groups in total. The van der Waals surface area contributed by atoms with E-state index in [9.17, 15) is 18.7 Å². The summed E-state index contributed by atoms with van der Waals surface area (Å²) in [5, 5.41) is 9.84. The molecule has 2 aromatic carbocycles. The van der Waals surface area contributed by atoms with E-state index in [1.807, 2.05) is 24.9 Å². The number of carbonyl (C=O) groups is 1. The van der Waals surface area contributed by atoms with Gasteiger partial charge >= 0.3 is 0 Å². The number of halogens is 2. The average Bonchev–Trinajstić information content (AvgIpc) is 2.86. The summed E-state index contributed by atoms with van der Waals surface area (Å²) in [6.07, 6.45) is 1.17. The van der Waals surface area contributed by atoms with Crippen molar-refractivity contribution in [1.82, 2.24) is 14.8 Å². The summed E-state index contributed by atoms with van der Waals surface area (Å²) in [6, 6.07) is 14.0. The van der Waals surface area contributed by atoms with Gasteiger partial charge in [0.25, 0.3) is 5.91 Å². The van der Waals surface area contributed by atoms with E-state index < -0.39 is 11.9 Å². The van der Waals surface area contributed by atoms with Crippen molar-refractivity contribution in [2.45, 2.75) is 32.5 Å². The lowest BCUT2D eigenvalue weighted by Crippen LogP contribution is -2.49. The molecule has 3 aromatic rings. The molecule has 0 unspecified atom stereocenters. The van der Waals surface area contributed by atoms with Crippen molar-refractivity contribution in [3.05, 3.63) is 83.6 Å². The van der Waals surface area contributed by atoms with Gasteiger partial charge in [-0.05, 0) is 43.8 Å². The van der Waals surface area contributed by atoms with Crippen LogP contribution < -0.4 is 4.74 Å². The number of pyridine rings is 1. The third kappa shape index (κ3) is 5.71. The normalized spacial score (nSPS) is 18.9. The minimum atomic E-state index is -0.423. The Labute approximate surface area is 210 Å². The van der Waals surface area contributed by atoms with Gasteiger partial charge < -0.3 is 14.7 Å². The average molecular weight is 496 g/mol.